The van der Waals surface area contributed by atoms with Crippen LogP contribution in [0.4, 0.5) is 0 Å². The zero-order chi connectivity index (χ0) is 26.7. The molecule has 0 spiro atoms. The van der Waals surface area contributed by atoms with E-state index in [1.165, 1.54) is 0 Å². The normalized spacial score (nSPS) is 11.4. The molecule has 3 aromatic rings. The lowest BCUT2D eigenvalue weighted by molar-refractivity contribution is -0.136. The number of benzene rings is 2. The summed E-state index contributed by atoms with van der Waals surface area (Å²) in [6.07, 6.45) is 4.14. The summed E-state index contributed by atoms with van der Waals surface area (Å²) in [5.74, 6) is 0.518. The number of carbonyl (C=O) groups excluding carboxylic acids is 2. The van der Waals surface area contributed by atoms with Crippen LogP contribution in [0.25, 0.3) is 0 Å². The van der Waals surface area contributed by atoms with E-state index in [4.69, 9.17) is 4.74 Å². The summed E-state index contributed by atoms with van der Waals surface area (Å²) in [5.41, 5.74) is 2.75. The molecule has 0 bridgehead atoms. The maximum Gasteiger partial charge on any atom is 0.239 e. The van der Waals surface area contributed by atoms with Crippen molar-refractivity contribution in [1.82, 2.24) is 25.1 Å². The molecule has 2 amide bonds. The maximum absolute atomic E-state index is 13.2. The van der Waals surface area contributed by atoms with Gasteiger partial charge in [0.25, 0.3) is 0 Å². The molecule has 0 aliphatic carbocycles. The largest absolute Gasteiger partial charge is 0.492 e. The first kappa shape index (κ1) is 27.9. The fourth-order valence-electron chi connectivity index (χ4n) is 3.85. The van der Waals surface area contributed by atoms with Crippen LogP contribution in [0.5, 0.6) is 5.75 Å². The van der Waals surface area contributed by atoms with Crippen LogP contribution in [-0.2, 0) is 28.0 Å². The van der Waals surface area contributed by atoms with Crippen molar-refractivity contribution in [2.24, 2.45) is 0 Å². The number of imidazole rings is 1. The molecule has 0 saturated heterocycles. The van der Waals surface area contributed by atoms with E-state index in [0.717, 1.165) is 29.1 Å². The first-order chi connectivity index (χ1) is 17.7. The molecule has 0 saturated carbocycles. The highest BCUT2D eigenvalue weighted by Crippen LogP contribution is 2.21. The molecule has 0 radical (unpaired) electrons. The van der Waals surface area contributed by atoms with E-state index < -0.39 is 0 Å². The van der Waals surface area contributed by atoms with Gasteiger partial charge in [0.2, 0.25) is 11.8 Å². The number of amides is 2. The van der Waals surface area contributed by atoms with E-state index in [1.807, 2.05) is 56.6 Å². The summed E-state index contributed by atoms with van der Waals surface area (Å²) < 4.78 is 5.77. The van der Waals surface area contributed by atoms with Crippen molar-refractivity contribution < 1.29 is 14.3 Å². The second-order valence-electron chi connectivity index (χ2n) is 10.1. The molecule has 3 rings (SSSR count). The summed E-state index contributed by atoms with van der Waals surface area (Å²) in [6, 6.07) is 17.8. The topological polar surface area (TPSA) is 90.6 Å². The second kappa shape index (κ2) is 13.6. The highest BCUT2D eigenvalue weighted by Gasteiger charge is 2.23. The number of hydrogen-bond acceptors (Lipinski definition) is 5. The Morgan fingerprint density at radius 1 is 1.05 bits per heavy atom. The van der Waals surface area contributed by atoms with Gasteiger partial charge in [-0.05, 0) is 43.8 Å². The summed E-state index contributed by atoms with van der Waals surface area (Å²) >= 11 is 0. The Bertz CT molecular complexity index is 1100. The monoisotopic (exact) mass is 505 g/mol. The Labute approximate surface area is 220 Å². The fourth-order valence-corrected chi connectivity index (χ4v) is 3.85. The van der Waals surface area contributed by atoms with Gasteiger partial charge in [0.1, 0.15) is 12.4 Å². The first-order valence-electron chi connectivity index (χ1n) is 12.7. The number of rotatable bonds is 14. The molecule has 0 atom stereocenters. The van der Waals surface area contributed by atoms with Crippen molar-refractivity contribution >= 4 is 11.8 Å². The number of carbonyl (C=O) groups is 2. The number of aromatic nitrogens is 2. The van der Waals surface area contributed by atoms with Crippen LogP contribution in [0.15, 0.2) is 67.1 Å². The Morgan fingerprint density at radius 2 is 1.78 bits per heavy atom. The number of aromatic amines is 1. The number of nitrogens with one attached hydrogen (secondary N) is 2. The highest BCUT2D eigenvalue weighted by atomic mass is 16.5. The molecule has 2 aromatic carbocycles. The first-order valence-corrected chi connectivity index (χ1v) is 12.7. The van der Waals surface area contributed by atoms with Gasteiger partial charge in [-0.1, -0.05) is 56.3 Å². The van der Waals surface area contributed by atoms with E-state index >= 15 is 0 Å². The molecular weight excluding hydrogens is 466 g/mol. The van der Waals surface area contributed by atoms with Crippen molar-refractivity contribution in [2.75, 3.05) is 40.3 Å². The van der Waals surface area contributed by atoms with Crippen LogP contribution in [0.1, 0.15) is 37.1 Å². The Morgan fingerprint density at radius 3 is 2.43 bits per heavy atom. The summed E-state index contributed by atoms with van der Waals surface area (Å²) in [6.45, 7) is 6.44. The van der Waals surface area contributed by atoms with Gasteiger partial charge >= 0.3 is 0 Å². The molecule has 0 fully saturated rings. The predicted octanol–water partition coefficient (Wildman–Crippen LogP) is 3.41. The molecule has 8 heteroatoms. The average Bonchev–Trinajstić information content (AvgIpc) is 3.41. The lowest BCUT2D eigenvalue weighted by Crippen LogP contribution is -2.44. The van der Waals surface area contributed by atoms with Crippen LogP contribution >= 0.6 is 0 Å². The van der Waals surface area contributed by atoms with Crippen LogP contribution in [0, 0.1) is 0 Å². The number of nitrogens with zero attached hydrogens (tertiary/aromatic N) is 3. The third kappa shape index (κ3) is 9.38. The lowest BCUT2D eigenvalue weighted by atomic mass is 9.84. The number of aryl methyl sites for hydroxylation is 1. The van der Waals surface area contributed by atoms with Gasteiger partial charge in [0.05, 0.1) is 12.9 Å². The van der Waals surface area contributed by atoms with Gasteiger partial charge in [-0.25, -0.2) is 4.98 Å². The molecule has 0 aliphatic heterocycles. The molecule has 1 heterocycles. The average molecular weight is 506 g/mol. The third-order valence-corrected chi connectivity index (χ3v) is 6.24. The van der Waals surface area contributed by atoms with E-state index in [-0.39, 0.29) is 30.2 Å². The summed E-state index contributed by atoms with van der Waals surface area (Å²) in [5, 5.41) is 3.03. The zero-order valence-corrected chi connectivity index (χ0v) is 22.4. The minimum absolute atomic E-state index is 0.00619. The molecule has 1 aromatic heterocycles. The summed E-state index contributed by atoms with van der Waals surface area (Å²) in [4.78, 5) is 36.8. The molecule has 198 valence electrons. The molecule has 0 aliphatic rings. The van der Waals surface area contributed by atoms with Gasteiger partial charge in [0, 0.05) is 43.4 Å². The quantitative estimate of drug-likeness (QED) is 0.350. The van der Waals surface area contributed by atoms with Crippen LogP contribution in [0.3, 0.4) is 0 Å². The van der Waals surface area contributed by atoms with Gasteiger partial charge in [-0.2, -0.15) is 0 Å². The minimum Gasteiger partial charge on any atom is -0.492 e. The number of ether oxygens (including phenoxy) is 1. The molecule has 0 unspecified atom stereocenters. The zero-order valence-electron chi connectivity index (χ0n) is 22.4. The molecule has 8 nitrogen and oxygen atoms in total. The lowest BCUT2D eigenvalue weighted by Gasteiger charge is -2.27. The molecular formula is C29H39N5O3. The Kier molecular flexibility index (Phi) is 10.3. The second-order valence-corrected chi connectivity index (χ2v) is 10.1. The smallest absolute Gasteiger partial charge is 0.239 e. The number of H-pyrrole nitrogens is 1. The van der Waals surface area contributed by atoms with E-state index in [0.29, 0.717) is 26.1 Å². The molecule has 2 N–H and O–H groups in total. The van der Waals surface area contributed by atoms with E-state index in [1.54, 1.807) is 17.4 Å². The fraction of sp³-hybridized carbons (Fsp3) is 0.414. The number of likely N-dealkylation sites (N-methyl/N-ethyl adjacent to an activating group) is 1. The Hall–Kier alpha value is -3.65. The molecule has 37 heavy (non-hydrogen) atoms. The minimum atomic E-state index is -0.227. The standard InChI is InChI=1S/C29H39N5O3/c1-29(2,24-8-6-5-7-9-24)21-31-27(35)20-34(28(36)15-12-25-18-30-22-32-25)19-23-10-13-26(14-11-23)37-17-16-33(3)4/h5-11,13-14,18,22H,12,15-17,19-21H2,1-4H3,(H,30,32)(H,31,35). The number of hydrogen-bond donors (Lipinski definition) is 2. The van der Waals surface area contributed by atoms with Crippen LogP contribution in [0.2, 0.25) is 0 Å². The van der Waals surface area contributed by atoms with Crippen LogP contribution < -0.4 is 10.1 Å². The third-order valence-electron chi connectivity index (χ3n) is 6.24. The Balaban J connectivity index is 1.61. The van der Waals surface area contributed by atoms with Crippen LogP contribution in [-0.4, -0.2) is 71.9 Å². The van der Waals surface area contributed by atoms with Crippen molar-refractivity contribution in [3.8, 4) is 5.75 Å². The van der Waals surface area contributed by atoms with Crippen molar-refractivity contribution in [3.05, 3.63) is 83.9 Å². The van der Waals surface area contributed by atoms with Crippen molar-refractivity contribution in [2.45, 2.75) is 38.6 Å². The highest BCUT2D eigenvalue weighted by molar-refractivity contribution is 5.85. The SMILES string of the molecule is CN(C)CCOc1ccc(CN(CC(=O)NCC(C)(C)c2ccccc2)C(=O)CCc2cnc[nH]2)cc1. The van der Waals surface area contributed by atoms with Crippen molar-refractivity contribution in [1.29, 1.82) is 0 Å². The van der Waals surface area contributed by atoms with Gasteiger partial charge in [0.15, 0.2) is 0 Å². The maximum atomic E-state index is 13.2. The van der Waals surface area contributed by atoms with E-state index in [9.17, 15) is 9.59 Å². The summed E-state index contributed by atoms with van der Waals surface area (Å²) in [7, 11) is 4.01. The van der Waals surface area contributed by atoms with Crippen molar-refractivity contribution in [3.63, 3.8) is 0 Å². The van der Waals surface area contributed by atoms with E-state index in [2.05, 4.69) is 46.2 Å². The van der Waals surface area contributed by atoms with Gasteiger partial charge < -0.3 is 24.8 Å². The van der Waals surface area contributed by atoms with Gasteiger partial charge in [-0.15, -0.1) is 0 Å². The van der Waals surface area contributed by atoms with Gasteiger partial charge in [-0.3, -0.25) is 9.59 Å². The predicted molar refractivity (Wildman–Crippen MR) is 145 cm³/mol.